The summed E-state index contributed by atoms with van der Waals surface area (Å²) in [5.74, 6) is 1.46. The van der Waals surface area contributed by atoms with Crippen molar-refractivity contribution in [3.63, 3.8) is 0 Å². The average Bonchev–Trinajstić information content (AvgIpc) is 2.80. The van der Waals surface area contributed by atoms with Gasteiger partial charge < -0.3 is 4.74 Å². The molecular weight excluding hydrogens is 286 g/mol. The molecular formula is C16H23NO3S. The number of likely N-dealkylation sites (N-methyl/N-ethyl adjacent to an activating group) is 1. The van der Waals surface area contributed by atoms with Gasteiger partial charge in [-0.25, -0.2) is 8.42 Å². The van der Waals surface area contributed by atoms with Crippen molar-refractivity contribution in [3.8, 4) is 5.75 Å². The van der Waals surface area contributed by atoms with Crippen LogP contribution in [0.25, 0.3) is 6.08 Å². The van der Waals surface area contributed by atoms with E-state index in [0.717, 1.165) is 24.3 Å². The highest BCUT2D eigenvalue weighted by Gasteiger charge is 2.30. The van der Waals surface area contributed by atoms with Gasteiger partial charge in [-0.1, -0.05) is 23.8 Å². The van der Waals surface area contributed by atoms with E-state index in [0.29, 0.717) is 11.5 Å². The summed E-state index contributed by atoms with van der Waals surface area (Å²) in [5, 5.41) is 0. The zero-order chi connectivity index (χ0) is 15.5. The van der Waals surface area contributed by atoms with Crippen LogP contribution in [0.4, 0.5) is 0 Å². The molecule has 1 aliphatic heterocycles. The molecule has 1 saturated heterocycles. The number of methoxy groups -OCH3 is 1. The summed E-state index contributed by atoms with van der Waals surface area (Å²) in [7, 11) is 0.832. The van der Waals surface area contributed by atoms with Crippen molar-refractivity contribution >= 4 is 15.9 Å². The van der Waals surface area contributed by atoms with Gasteiger partial charge in [-0.3, -0.25) is 4.90 Å². The van der Waals surface area contributed by atoms with Crippen molar-refractivity contribution in [2.24, 2.45) is 0 Å². The Bertz CT molecular complexity index is 605. The molecule has 0 aliphatic carbocycles. The molecule has 0 radical (unpaired) electrons. The zero-order valence-corrected chi connectivity index (χ0v) is 13.7. The van der Waals surface area contributed by atoms with Crippen LogP contribution in [0.3, 0.4) is 0 Å². The maximum absolute atomic E-state index is 11.5. The minimum Gasteiger partial charge on any atom is -0.497 e. The predicted octanol–water partition coefficient (Wildman–Crippen LogP) is 2.22. The van der Waals surface area contributed by atoms with Crippen LogP contribution in [0.2, 0.25) is 0 Å². The minimum atomic E-state index is -2.82. The second-order valence-electron chi connectivity index (χ2n) is 5.74. The highest BCUT2D eigenvalue weighted by atomic mass is 32.2. The second-order valence-corrected chi connectivity index (χ2v) is 7.96. The van der Waals surface area contributed by atoms with Crippen molar-refractivity contribution in [3.05, 3.63) is 35.4 Å². The van der Waals surface area contributed by atoms with Crippen LogP contribution < -0.4 is 4.74 Å². The molecule has 21 heavy (non-hydrogen) atoms. The number of hydrogen-bond donors (Lipinski definition) is 0. The molecule has 1 unspecified atom stereocenters. The van der Waals surface area contributed by atoms with Crippen LogP contribution in [0.1, 0.15) is 18.9 Å². The minimum absolute atomic E-state index is 0.147. The highest BCUT2D eigenvalue weighted by molar-refractivity contribution is 7.91. The molecule has 2 rings (SSSR count). The lowest BCUT2D eigenvalue weighted by Gasteiger charge is -2.23. The van der Waals surface area contributed by atoms with Crippen molar-refractivity contribution in [2.45, 2.75) is 19.4 Å². The van der Waals surface area contributed by atoms with Crippen molar-refractivity contribution in [1.29, 1.82) is 0 Å². The fourth-order valence-corrected chi connectivity index (χ4v) is 4.48. The van der Waals surface area contributed by atoms with Crippen LogP contribution in [0.5, 0.6) is 5.75 Å². The first-order valence-electron chi connectivity index (χ1n) is 7.11. The van der Waals surface area contributed by atoms with E-state index in [9.17, 15) is 8.42 Å². The van der Waals surface area contributed by atoms with Gasteiger partial charge in [0.2, 0.25) is 0 Å². The van der Waals surface area contributed by atoms with Crippen LogP contribution >= 0.6 is 0 Å². The fraction of sp³-hybridized carbons (Fsp3) is 0.500. The molecule has 0 spiro atoms. The molecule has 1 aliphatic rings. The summed E-state index contributed by atoms with van der Waals surface area (Å²) in [6, 6.07) is 8.05. The lowest BCUT2D eigenvalue weighted by Crippen LogP contribution is -2.33. The monoisotopic (exact) mass is 309 g/mol. The topological polar surface area (TPSA) is 46.6 Å². The number of rotatable bonds is 5. The summed E-state index contributed by atoms with van der Waals surface area (Å²) in [6.45, 7) is 2.86. The Morgan fingerprint density at radius 2 is 2.05 bits per heavy atom. The Hall–Kier alpha value is -1.33. The van der Waals surface area contributed by atoms with E-state index in [1.54, 1.807) is 7.11 Å². The van der Waals surface area contributed by atoms with E-state index in [-0.39, 0.29) is 6.04 Å². The predicted molar refractivity (Wildman–Crippen MR) is 86.3 cm³/mol. The van der Waals surface area contributed by atoms with Gasteiger partial charge in [0.1, 0.15) is 5.75 Å². The summed E-state index contributed by atoms with van der Waals surface area (Å²) in [4.78, 5) is 2.14. The van der Waals surface area contributed by atoms with Crippen molar-refractivity contribution < 1.29 is 13.2 Å². The van der Waals surface area contributed by atoms with Crippen LogP contribution in [0, 0.1) is 0 Å². The first kappa shape index (κ1) is 16.0. The van der Waals surface area contributed by atoms with Crippen LogP contribution in [-0.4, -0.2) is 51.6 Å². The Kier molecular flexibility index (Phi) is 5.06. The van der Waals surface area contributed by atoms with Gasteiger partial charge in [-0.05, 0) is 38.1 Å². The standard InChI is InChI=1S/C16H23NO3S/c1-13(10-14-4-6-16(20-3)7-5-14)11-17(2)15-8-9-21(18,19)12-15/h4-7,10,15H,8-9,11-12H2,1-3H3. The van der Waals surface area contributed by atoms with Gasteiger partial charge >= 0.3 is 0 Å². The molecule has 1 atom stereocenters. The molecule has 0 amide bonds. The zero-order valence-electron chi connectivity index (χ0n) is 12.9. The summed E-state index contributed by atoms with van der Waals surface area (Å²) >= 11 is 0. The van der Waals surface area contributed by atoms with Crippen molar-refractivity contribution in [2.75, 3.05) is 32.2 Å². The number of hydrogen-bond acceptors (Lipinski definition) is 4. The SMILES string of the molecule is COc1ccc(C=C(C)CN(C)C2CCS(=O)(=O)C2)cc1. The average molecular weight is 309 g/mol. The van der Waals surface area contributed by atoms with Gasteiger partial charge in [0.25, 0.3) is 0 Å². The van der Waals surface area contributed by atoms with Gasteiger partial charge in [-0.2, -0.15) is 0 Å². The van der Waals surface area contributed by atoms with E-state index >= 15 is 0 Å². The number of ether oxygens (including phenoxy) is 1. The smallest absolute Gasteiger partial charge is 0.151 e. The summed E-state index contributed by atoms with van der Waals surface area (Å²) in [6.07, 6.45) is 2.87. The van der Waals surface area contributed by atoms with Gasteiger partial charge in [0.05, 0.1) is 18.6 Å². The molecule has 1 fully saturated rings. The molecule has 116 valence electrons. The van der Waals surface area contributed by atoms with Crippen molar-refractivity contribution in [1.82, 2.24) is 4.90 Å². The first-order valence-corrected chi connectivity index (χ1v) is 8.93. The molecule has 0 bridgehead atoms. The molecule has 0 N–H and O–H groups in total. The quantitative estimate of drug-likeness (QED) is 0.837. The van der Waals surface area contributed by atoms with E-state index in [4.69, 9.17) is 4.74 Å². The molecule has 5 heteroatoms. The second kappa shape index (κ2) is 6.62. The Labute approximate surface area is 127 Å². The largest absolute Gasteiger partial charge is 0.497 e. The molecule has 1 aromatic carbocycles. The van der Waals surface area contributed by atoms with Gasteiger partial charge in [0.15, 0.2) is 9.84 Å². The Morgan fingerprint density at radius 1 is 1.38 bits per heavy atom. The molecule has 0 aromatic heterocycles. The van der Waals surface area contributed by atoms with E-state index in [1.807, 2.05) is 31.3 Å². The molecule has 4 nitrogen and oxygen atoms in total. The summed E-state index contributed by atoms with van der Waals surface area (Å²) < 4.78 is 28.2. The third-order valence-corrected chi connectivity index (χ3v) is 5.61. The third-order valence-electron chi connectivity index (χ3n) is 3.86. The lowest BCUT2D eigenvalue weighted by molar-refractivity contribution is 0.284. The van der Waals surface area contributed by atoms with Crippen LogP contribution in [-0.2, 0) is 9.84 Å². The van der Waals surface area contributed by atoms with E-state index in [2.05, 4.69) is 17.9 Å². The fourth-order valence-electron chi connectivity index (χ4n) is 2.68. The lowest BCUT2D eigenvalue weighted by atomic mass is 10.1. The molecule has 0 saturated carbocycles. The Balaban J connectivity index is 1.96. The molecule has 1 aromatic rings. The normalized spacial score (nSPS) is 21.7. The number of sulfone groups is 1. The highest BCUT2D eigenvalue weighted by Crippen LogP contribution is 2.18. The Morgan fingerprint density at radius 3 is 2.57 bits per heavy atom. The van der Waals surface area contributed by atoms with Crippen LogP contribution in [0.15, 0.2) is 29.8 Å². The maximum atomic E-state index is 11.5. The maximum Gasteiger partial charge on any atom is 0.151 e. The third kappa shape index (κ3) is 4.58. The van der Waals surface area contributed by atoms with Gasteiger partial charge in [-0.15, -0.1) is 0 Å². The first-order chi connectivity index (χ1) is 9.89. The van der Waals surface area contributed by atoms with Gasteiger partial charge in [0, 0.05) is 12.6 Å². The van der Waals surface area contributed by atoms with E-state index < -0.39 is 9.84 Å². The molecule has 1 heterocycles. The summed E-state index contributed by atoms with van der Waals surface area (Å²) in [5.41, 5.74) is 2.34. The number of nitrogens with zero attached hydrogens (tertiary/aromatic N) is 1. The van der Waals surface area contributed by atoms with E-state index in [1.165, 1.54) is 5.57 Å². The number of benzene rings is 1.